The van der Waals surface area contributed by atoms with Gasteiger partial charge in [0.15, 0.2) is 0 Å². The normalized spacial score (nSPS) is 22.7. The van der Waals surface area contributed by atoms with Gasteiger partial charge >= 0.3 is 5.69 Å². The smallest absolute Gasteiger partial charge is 0.334 e. The summed E-state index contributed by atoms with van der Waals surface area (Å²) in [6.45, 7) is 0. The second-order valence-electron chi connectivity index (χ2n) is 12.0. The summed E-state index contributed by atoms with van der Waals surface area (Å²) in [7, 11) is 0. The highest BCUT2D eigenvalue weighted by atomic mass is 16.3. The molecular weight excluding hydrogens is 504 g/mol. The summed E-state index contributed by atoms with van der Waals surface area (Å²) < 4.78 is 2.86. The third kappa shape index (κ3) is 4.97. The highest BCUT2D eigenvalue weighted by Gasteiger charge is 2.37. The number of carbonyl (C=O) groups excluding carboxylic acids is 1. The quantitative estimate of drug-likeness (QED) is 0.461. The second-order valence-corrected chi connectivity index (χ2v) is 12.0. The minimum atomic E-state index is -0.497. The Morgan fingerprint density at radius 2 is 1.27 bits per heavy atom. The van der Waals surface area contributed by atoms with Crippen molar-refractivity contribution in [3.8, 4) is 5.88 Å². The van der Waals surface area contributed by atoms with E-state index in [0.717, 1.165) is 89.9 Å². The lowest BCUT2D eigenvalue weighted by Gasteiger charge is -2.29. The van der Waals surface area contributed by atoms with Crippen molar-refractivity contribution in [3.63, 3.8) is 0 Å². The van der Waals surface area contributed by atoms with E-state index in [2.05, 4.69) is 0 Å². The van der Waals surface area contributed by atoms with Crippen LogP contribution in [0.3, 0.4) is 0 Å². The summed E-state index contributed by atoms with van der Waals surface area (Å²) in [5.74, 6) is -0.495. The molecule has 8 heteroatoms. The molecule has 1 N–H and O–H groups in total. The van der Waals surface area contributed by atoms with Crippen LogP contribution < -0.4 is 16.3 Å². The van der Waals surface area contributed by atoms with Gasteiger partial charge in [-0.1, -0.05) is 76.0 Å². The van der Waals surface area contributed by atoms with Crippen molar-refractivity contribution >= 4 is 23.4 Å². The molecule has 3 saturated carbocycles. The van der Waals surface area contributed by atoms with Gasteiger partial charge in [-0.2, -0.15) is 10.1 Å². The van der Waals surface area contributed by atoms with E-state index in [-0.39, 0.29) is 35.4 Å². The van der Waals surface area contributed by atoms with Gasteiger partial charge in [-0.05, 0) is 56.7 Å². The minimum Gasteiger partial charge on any atom is -0.494 e. The fourth-order valence-electron chi connectivity index (χ4n) is 7.24. The molecule has 0 spiro atoms. The zero-order valence-corrected chi connectivity index (χ0v) is 23.3. The standard InChI is InChI=1S/C32H40N4O4/c37-29-27(30(38)35(24-17-9-3-10-18-24)32(40)34(29)23-15-7-2-8-16-23)21-26-28(22-13-5-1-6-14-22)33-36(31(26)39)25-19-11-4-12-20-25/h4,11-12,19-24,37H,1-3,5-10,13-18H2/b26-21-. The Morgan fingerprint density at radius 3 is 1.88 bits per heavy atom. The summed E-state index contributed by atoms with van der Waals surface area (Å²) in [5, 5.41) is 17.8. The lowest BCUT2D eigenvalue weighted by atomic mass is 9.83. The van der Waals surface area contributed by atoms with Crippen molar-refractivity contribution in [2.75, 3.05) is 5.01 Å². The average molecular weight is 545 g/mol. The van der Waals surface area contributed by atoms with Crippen molar-refractivity contribution in [3.05, 3.63) is 62.3 Å². The Labute approximate surface area is 235 Å². The van der Waals surface area contributed by atoms with E-state index in [1.807, 2.05) is 30.3 Å². The minimum absolute atomic E-state index is 0.0394. The molecule has 0 unspecified atom stereocenters. The number of hydrazone groups is 1. The number of amides is 1. The summed E-state index contributed by atoms with van der Waals surface area (Å²) in [5.41, 5.74) is 0.841. The van der Waals surface area contributed by atoms with Crippen molar-refractivity contribution in [2.24, 2.45) is 11.0 Å². The Balaban J connectivity index is 1.52. The molecule has 0 radical (unpaired) electrons. The van der Waals surface area contributed by atoms with Gasteiger partial charge in [0.25, 0.3) is 11.5 Å². The van der Waals surface area contributed by atoms with Gasteiger partial charge in [-0.15, -0.1) is 0 Å². The number of para-hydroxylation sites is 1. The Morgan fingerprint density at radius 1 is 0.725 bits per heavy atom. The number of carbonyl (C=O) groups is 1. The van der Waals surface area contributed by atoms with E-state index in [1.54, 1.807) is 6.08 Å². The van der Waals surface area contributed by atoms with E-state index in [1.165, 1.54) is 20.6 Å². The topological polar surface area (TPSA) is 96.9 Å². The molecule has 1 aromatic carbocycles. The summed E-state index contributed by atoms with van der Waals surface area (Å²) in [6, 6.07) is 8.99. The summed E-state index contributed by atoms with van der Waals surface area (Å²) in [6.07, 6.45) is 16.0. The molecule has 0 saturated heterocycles. The largest absolute Gasteiger partial charge is 0.494 e. The molecule has 1 aromatic heterocycles. The molecule has 6 rings (SSSR count). The molecule has 2 heterocycles. The van der Waals surface area contributed by atoms with Crippen LogP contribution in [0.25, 0.3) is 6.08 Å². The van der Waals surface area contributed by atoms with Crippen LogP contribution in [0.4, 0.5) is 5.69 Å². The lowest BCUT2D eigenvalue weighted by Crippen LogP contribution is -2.45. The van der Waals surface area contributed by atoms with Gasteiger partial charge in [0, 0.05) is 18.0 Å². The highest BCUT2D eigenvalue weighted by molar-refractivity contribution is 6.33. The van der Waals surface area contributed by atoms with Crippen LogP contribution in [0, 0.1) is 5.92 Å². The number of anilines is 1. The zero-order valence-electron chi connectivity index (χ0n) is 23.3. The van der Waals surface area contributed by atoms with Gasteiger partial charge in [-0.3, -0.25) is 18.7 Å². The monoisotopic (exact) mass is 544 g/mol. The van der Waals surface area contributed by atoms with Crippen LogP contribution >= 0.6 is 0 Å². The molecule has 3 fully saturated rings. The van der Waals surface area contributed by atoms with Crippen LogP contribution in [0.5, 0.6) is 5.88 Å². The van der Waals surface area contributed by atoms with E-state index < -0.39 is 11.2 Å². The molecular formula is C32H40N4O4. The molecule has 8 nitrogen and oxygen atoms in total. The zero-order chi connectivity index (χ0) is 27.6. The van der Waals surface area contributed by atoms with E-state index in [9.17, 15) is 19.5 Å². The third-order valence-corrected chi connectivity index (χ3v) is 9.40. The van der Waals surface area contributed by atoms with Crippen LogP contribution in [-0.2, 0) is 4.79 Å². The number of aromatic nitrogens is 2. The number of hydrogen-bond acceptors (Lipinski definition) is 5. The number of nitrogens with zero attached hydrogens (tertiary/aromatic N) is 4. The Kier molecular flexibility index (Phi) is 7.76. The molecule has 4 aliphatic rings. The van der Waals surface area contributed by atoms with Crippen molar-refractivity contribution in [1.29, 1.82) is 0 Å². The SMILES string of the molecule is O=C1/C(=C\c2c(O)n(C3CCCCC3)c(=O)n(C3CCCCC3)c2=O)C(C2CCCCC2)=NN1c1ccccc1. The summed E-state index contributed by atoms with van der Waals surface area (Å²) in [4.78, 5) is 41.8. The predicted octanol–water partition coefficient (Wildman–Crippen LogP) is 6.09. The number of hydrogen-bond donors (Lipinski definition) is 1. The van der Waals surface area contributed by atoms with E-state index in [0.29, 0.717) is 17.0 Å². The van der Waals surface area contributed by atoms with Crippen molar-refractivity contribution in [1.82, 2.24) is 9.13 Å². The molecule has 2 aromatic rings. The van der Waals surface area contributed by atoms with Gasteiger partial charge < -0.3 is 5.11 Å². The first-order chi connectivity index (χ1) is 19.5. The lowest BCUT2D eigenvalue weighted by molar-refractivity contribution is -0.114. The van der Waals surface area contributed by atoms with Gasteiger partial charge in [0.05, 0.1) is 17.0 Å². The van der Waals surface area contributed by atoms with E-state index in [4.69, 9.17) is 5.10 Å². The van der Waals surface area contributed by atoms with Gasteiger partial charge in [0.2, 0.25) is 5.88 Å². The number of rotatable bonds is 5. The van der Waals surface area contributed by atoms with Gasteiger partial charge in [0.1, 0.15) is 5.56 Å². The fraction of sp³-hybridized carbons (Fsp3) is 0.562. The van der Waals surface area contributed by atoms with Gasteiger partial charge in [-0.25, -0.2) is 4.79 Å². The third-order valence-electron chi connectivity index (χ3n) is 9.40. The molecule has 212 valence electrons. The molecule has 0 atom stereocenters. The molecule has 0 bridgehead atoms. The van der Waals surface area contributed by atoms with Crippen LogP contribution in [0.1, 0.15) is 114 Å². The van der Waals surface area contributed by atoms with Crippen LogP contribution in [0.15, 0.2) is 50.6 Å². The Hall–Kier alpha value is -3.42. The van der Waals surface area contributed by atoms with Crippen molar-refractivity contribution in [2.45, 2.75) is 108 Å². The Bertz CT molecular complexity index is 1420. The van der Waals surface area contributed by atoms with Crippen molar-refractivity contribution < 1.29 is 9.90 Å². The summed E-state index contributed by atoms with van der Waals surface area (Å²) >= 11 is 0. The first-order valence-corrected chi connectivity index (χ1v) is 15.3. The predicted molar refractivity (Wildman–Crippen MR) is 157 cm³/mol. The average Bonchev–Trinajstić information content (AvgIpc) is 3.33. The maximum atomic E-state index is 14.1. The number of benzene rings is 1. The molecule has 3 aliphatic carbocycles. The first-order valence-electron chi connectivity index (χ1n) is 15.3. The maximum Gasteiger partial charge on any atom is 0.334 e. The fourth-order valence-corrected chi connectivity index (χ4v) is 7.24. The van der Waals surface area contributed by atoms with Crippen LogP contribution in [0.2, 0.25) is 0 Å². The molecule has 40 heavy (non-hydrogen) atoms. The van der Waals surface area contributed by atoms with E-state index >= 15 is 0 Å². The molecule has 1 aliphatic heterocycles. The maximum absolute atomic E-state index is 14.1. The second kappa shape index (κ2) is 11.6. The first kappa shape index (κ1) is 26.8. The molecule has 1 amide bonds. The number of aromatic hydroxyl groups is 1. The highest BCUT2D eigenvalue weighted by Crippen LogP contribution is 2.36. The van der Waals surface area contributed by atoms with Crippen LogP contribution in [-0.4, -0.2) is 25.9 Å².